The fraction of sp³-hybridized carbons (Fsp3) is 0.111. The van der Waals surface area contributed by atoms with E-state index in [0.29, 0.717) is 17.0 Å². The third kappa shape index (κ3) is 3.58. The van der Waals surface area contributed by atoms with Gasteiger partial charge in [0.05, 0.1) is 23.6 Å². The minimum atomic E-state index is -0.969. The molecule has 9 nitrogen and oxygen atoms in total. The van der Waals surface area contributed by atoms with Gasteiger partial charge in [-0.05, 0) is 30.3 Å². The van der Waals surface area contributed by atoms with Gasteiger partial charge < -0.3 is 14.4 Å². The van der Waals surface area contributed by atoms with Crippen LogP contribution < -0.4 is 9.64 Å². The van der Waals surface area contributed by atoms with Crippen LogP contribution in [0, 0.1) is 10.1 Å². The van der Waals surface area contributed by atoms with Crippen molar-refractivity contribution in [3.05, 3.63) is 106 Å². The number of aryl methyl sites for hydroxylation is 1. The van der Waals surface area contributed by atoms with E-state index in [2.05, 4.69) is 0 Å². The van der Waals surface area contributed by atoms with Crippen molar-refractivity contribution in [1.82, 2.24) is 4.57 Å². The number of nitrogens with zero attached hydrogens (tertiary/aromatic N) is 3. The lowest BCUT2D eigenvalue weighted by molar-refractivity contribution is -0.384. The molecule has 0 radical (unpaired) electrons. The Kier molecular flexibility index (Phi) is 5.52. The number of para-hydroxylation sites is 1. The Morgan fingerprint density at radius 3 is 2.44 bits per heavy atom. The summed E-state index contributed by atoms with van der Waals surface area (Å²) in [6, 6.07) is 18.6. The van der Waals surface area contributed by atoms with Crippen LogP contribution >= 0.6 is 0 Å². The fourth-order valence-electron chi connectivity index (χ4n) is 4.65. The van der Waals surface area contributed by atoms with Crippen LogP contribution in [0.5, 0.6) is 5.75 Å². The number of amides is 1. The quantitative estimate of drug-likeness (QED) is 0.144. The zero-order chi connectivity index (χ0) is 25.6. The number of Topliss-reactive ketones (excluding diaryl/α,β-unsaturated/α-hetero) is 1. The van der Waals surface area contributed by atoms with Crippen molar-refractivity contribution in [2.75, 3.05) is 12.0 Å². The number of ketones is 1. The number of ether oxygens (including phenoxy) is 1. The summed E-state index contributed by atoms with van der Waals surface area (Å²) < 4.78 is 7.10. The van der Waals surface area contributed by atoms with Crippen molar-refractivity contribution < 1.29 is 24.4 Å². The van der Waals surface area contributed by atoms with E-state index in [1.807, 2.05) is 42.1 Å². The number of fused-ring (bicyclic) bond motifs is 1. The highest BCUT2D eigenvalue weighted by molar-refractivity contribution is 6.51. The van der Waals surface area contributed by atoms with Crippen LogP contribution in [0.4, 0.5) is 11.4 Å². The van der Waals surface area contributed by atoms with Gasteiger partial charge in [0, 0.05) is 53.1 Å². The number of aliphatic hydroxyl groups is 1. The SMILES string of the molecule is COc1ccc(N2C(=O)C(=O)/C(=C(/O)c3cccc([N+](=O)[O-])c3)C2c2cn(C)c3ccccc23)cc1. The number of carbonyl (C=O) groups is 2. The average molecular weight is 483 g/mol. The number of nitro benzene ring substituents is 1. The van der Waals surface area contributed by atoms with Crippen molar-refractivity contribution in [2.45, 2.75) is 6.04 Å². The van der Waals surface area contributed by atoms with E-state index in [0.717, 1.165) is 10.9 Å². The third-order valence-corrected chi connectivity index (χ3v) is 6.35. The van der Waals surface area contributed by atoms with Crippen molar-refractivity contribution in [3.63, 3.8) is 0 Å². The van der Waals surface area contributed by atoms with Gasteiger partial charge in [0.2, 0.25) is 0 Å². The first-order valence-electron chi connectivity index (χ1n) is 11.1. The number of hydrogen-bond donors (Lipinski definition) is 1. The first-order valence-corrected chi connectivity index (χ1v) is 11.1. The van der Waals surface area contributed by atoms with E-state index in [9.17, 15) is 24.8 Å². The third-order valence-electron chi connectivity index (χ3n) is 6.35. The van der Waals surface area contributed by atoms with Gasteiger partial charge in [-0.15, -0.1) is 0 Å². The molecule has 2 heterocycles. The molecule has 0 saturated carbocycles. The molecule has 1 atom stereocenters. The molecule has 9 heteroatoms. The number of non-ortho nitro benzene ring substituents is 1. The molecule has 1 N–H and O–H groups in total. The van der Waals surface area contributed by atoms with Crippen LogP contribution in [0.25, 0.3) is 16.7 Å². The molecule has 0 aliphatic carbocycles. The van der Waals surface area contributed by atoms with E-state index in [1.165, 1.54) is 36.3 Å². The molecule has 1 unspecified atom stereocenters. The standard InChI is InChI=1S/C27H21N3O6/c1-28-15-21(20-8-3-4-9-22(20)28)24-23(25(31)16-6-5-7-18(14-16)30(34)35)26(32)27(33)29(24)17-10-12-19(36-2)13-11-17/h3-15,24,31H,1-2H3/b25-23+. The Bertz CT molecular complexity index is 1570. The summed E-state index contributed by atoms with van der Waals surface area (Å²) in [4.78, 5) is 38.8. The largest absolute Gasteiger partial charge is 0.507 e. The molecule has 1 amide bonds. The maximum Gasteiger partial charge on any atom is 0.300 e. The zero-order valence-corrected chi connectivity index (χ0v) is 19.4. The molecule has 1 aliphatic heterocycles. The van der Waals surface area contributed by atoms with E-state index >= 15 is 0 Å². The van der Waals surface area contributed by atoms with Crippen LogP contribution in [-0.4, -0.2) is 33.4 Å². The Hall–Kier alpha value is -4.92. The molecule has 0 bridgehead atoms. The monoisotopic (exact) mass is 483 g/mol. The van der Waals surface area contributed by atoms with Crippen molar-refractivity contribution in [2.24, 2.45) is 7.05 Å². The maximum atomic E-state index is 13.4. The number of carbonyl (C=O) groups excluding carboxylic acids is 2. The molecule has 4 aromatic rings. The number of methoxy groups -OCH3 is 1. The molecule has 1 saturated heterocycles. The first-order chi connectivity index (χ1) is 17.3. The summed E-state index contributed by atoms with van der Waals surface area (Å²) in [5.41, 5.74) is 1.63. The lowest BCUT2D eigenvalue weighted by Gasteiger charge is -2.25. The van der Waals surface area contributed by atoms with E-state index in [-0.39, 0.29) is 16.8 Å². The number of hydrogen-bond acceptors (Lipinski definition) is 6. The summed E-state index contributed by atoms with van der Waals surface area (Å²) in [6.07, 6.45) is 1.82. The second-order valence-corrected chi connectivity index (χ2v) is 8.39. The summed E-state index contributed by atoms with van der Waals surface area (Å²) in [5.74, 6) is -1.60. The molecule has 0 spiro atoms. The number of aromatic nitrogens is 1. The Labute approximate surface area is 205 Å². The minimum Gasteiger partial charge on any atom is -0.507 e. The van der Waals surface area contributed by atoms with Crippen molar-refractivity contribution in [1.29, 1.82) is 0 Å². The molecular weight excluding hydrogens is 462 g/mol. The number of aliphatic hydroxyl groups excluding tert-OH is 1. The number of nitro groups is 1. The lowest BCUT2D eigenvalue weighted by Crippen LogP contribution is -2.29. The van der Waals surface area contributed by atoms with E-state index < -0.39 is 28.4 Å². The van der Waals surface area contributed by atoms with Crippen molar-refractivity contribution >= 4 is 39.7 Å². The smallest absolute Gasteiger partial charge is 0.300 e. The first kappa shape index (κ1) is 22.9. The molecule has 180 valence electrons. The molecule has 1 aliphatic rings. The number of rotatable bonds is 5. The molecule has 3 aromatic carbocycles. The normalized spacial score (nSPS) is 17.1. The summed E-state index contributed by atoms with van der Waals surface area (Å²) in [6.45, 7) is 0. The highest BCUT2D eigenvalue weighted by Gasteiger charge is 2.48. The summed E-state index contributed by atoms with van der Waals surface area (Å²) >= 11 is 0. The molecule has 5 rings (SSSR count). The fourth-order valence-corrected chi connectivity index (χ4v) is 4.65. The predicted molar refractivity (Wildman–Crippen MR) is 134 cm³/mol. The van der Waals surface area contributed by atoms with Gasteiger partial charge in [-0.2, -0.15) is 0 Å². The average Bonchev–Trinajstić information content (AvgIpc) is 3.37. The topological polar surface area (TPSA) is 115 Å². The van der Waals surface area contributed by atoms with Gasteiger partial charge in [0.15, 0.2) is 0 Å². The van der Waals surface area contributed by atoms with Gasteiger partial charge >= 0.3 is 0 Å². The van der Waals surface area contributed by atoms with Gasteiger partial charge in [-0.3, -0.25) is 24.6 Å². The Morgan fingerprint density at radius 2 is 1.75 bits per heavy atom. The zero-order valence-electron chi connectivity index (χ0n) is 19.4. The molecule has 1 fully saturated rings. The van der Waals surface area contributed by atoms with Crippen LogP contribution in [0.1, 0.15) is 17.2 Å². The molecular formula is C27H21N3O6. The van der Waals surface area contributed by atoms with Crippen LogP contribution in [0.3, 0.4) is 0 Å². The molecule has 1 aromatic heterocycles. The summed E-state index contributed by atoms with van der Waals surface area (Å²) in [7, 11) is 3.38. The second kappa shape index (κ2) is 8.70. The summed E-state index contributed by atoms with van der Waals surface area (Å²) in [5, 5.41) is 23.4. The van der Waals surface area contributed by atoms with Crippen LogP contribution in [-0.2, 0) is 16.6 Å². The van der Waals surface area contributed by atoms with E-state index in [4.69, 9.17) is 4.74 Å². The Morgan fingerprint density at radius 1 is 1.03 bits per heavy atom. The van der Waals surface area contributed by atoms with Crippen LogP contribution in [0.15, 0.2) is 84.6 Å². The second-order valence-electron chi connectivity index (χ2n) is 8.39. The van der Waals surface area contributed by atoms with Gasteiger partial charge in [-0.25, -0.2) is 0 Å². The van der Waals surface area contributed by atoms with Crippen molar-refractivity contribution in [3.8, 4) is 5.75 Å². The minimum absolute atomic E-state index is 0.0715. The number of benzene rings is 3. The highest BCUT2D eigenvalue weighted by atomic mass is 16.6. The van der Waals surface area contributed by atoms with Gasteiger partial charge in [-0.1, -0.05) is 30.3 Å². The van der Waals surface area contributed by atoms with Gasteiger partial charge in [0.1, 0.15) is 11.5 Å². The van der Waals surface area contributed by atoms with E-state index in [1.54, 1.807) is 24.3 Å². The Balaban J connectivity index is 1.78. The predicted octanol–water partition coefficient (Wildman–Crippen LogP) is 4.72. The molecule has 36 heavy (non-hydrogen) atoms. The van der Waals surface area contributed by atoms with Crippen LogP contribution in [0.2, 0.25) is 0 Å². The van der Waals surface area contributed by atoms with Gasteiger partial charge in [0.25, 0.3) is 17.4 Å². The lowest BCUT2D eigenvalue weighted by atomic mass is 9.94. The number of anilines is 1. The highest BCUT2D eigenvalue weighted by Crippen LogP contribution is 2.45. The maximum absolute atomic E-state index is 13.4.